The first-order valence-electron chi connectivity index (χ1n) is 15.2. The number of hydrogen-bond donors (Lipinski definition) is 0. The predicted octanol–water partition coefficient (Wildman–Crippen LogP) is 11.5. The molecule has 0 saturated heterocycles. The van der Waals surface area contributed by atoms with Crippen LogP contribution in [0, 0.1) is 0 Å². The average Bonchev–Trinajstić information content (AvgIpc) is 2.96. The molecule has 0 radical (unpaired) electrons. The Kier molecular flexibility index (Phi) is 14.1. The second-order valence-electron chi connectivity index (χ2n) is 10.8. The van der Waals surface area contributed by atoms with Crippen LogP contribution < -0.4 is 0 Å². The Morgan fingerprint density at radius 2 is 0.892 bits per heavy atom. The monoisotopic (exact) mass is 514 g/mol. The molecule has 0 aliphatic heterocycles. The van der Waals surface area contributed by atoms with Crippen molar-refractivity contribution in [3.63, 3.8) is 0 Å². The van der Waals surface area contributed by atoms with Crippen LogP contribution in [0.25, 0.3) is 0 Å². The summed E-state index contributed by atoms with van der Waals surface area (Å²) >= 11 is 0. The third kappa shape index (κ3) is 9.41. The summed E-state index contributed by atoms with van der Waals surface area (Å²) in [5.74, 6) is 0.416. The summed E-state index contributed by atoms with van der Waals surface area (Å²) in [5, 5.41) is 0.0149. The zero-order valence-corrected chi connectivity index (χ0v) is 24.6. The van der Waals surface area contributed by atoms with Crippen LogP contribution in [0.5, 0.6) is 0 Å². The van der Waals surface area contributed by atoms with Crippen LogP contribution in [0.3, 0.4) is 0 Å². The first kappa shape index (κ1) is 29.6. The van der Waals surface area contributed by atoms with E-state index in [0.717, 1.165) is 8.58 Å². The molecule has 0 nitrogen and oxygen atoms in total. The number of hydrogen-bond acceptors (Lipinski definition) is 0. The fraction of sp³-hybridized carbons (Fsp3) is 0.500. The summed E-state index contributed by atoms with van der Waals surface area (Å²) in [6, 6.07) is 33.8. The van der Waals surface area contributed by atoms with Gasteiger partial charge >= 0.3 is 0 Å². The van der Waals surface area contributed by atoms with Gasteiger partial charge in [-0.15, -0.1) is 8.58 Å². The fourth-order valence-corrected chi connectivity index (χ4v) is 7.88. The van der Waals surface area contributed by atoms with Crippen molar-refractivity contribution < 1.29 is 0 Å². The minimum atomic E-state index is 0.0149. The largest absolute Gasteiger partial charge is 0.106 e. The van der Waals surface area contributed by atoms with Crippen molar-refractivity contribution in [1.29, 1.82) is 0 Å². The van der Waals surface area contributed by atoms with Crippen LogP contribution >= 0.6 is 8.58 Å². The summed E-state index contributed by atoms with van der Waals surface area (Å²) < 4.78 is 0. The van der Waals surface area contributed by atoms with Gasteiger partial charge in [-0.25, -0.2) is 0 Å². The van der Waals surface area contributed by atoms with Crippen molar-refractivity contribution in [1.82, 2.24) is 0 Å². The van der Waals surface area contributed by atoms with Crippen LogP contribution in [0.15, 0.2) is 91.0 Å². The highest BCUT2D eigenvalue weighted by molar-refractivity contribution is 7.40. The van der Waals surface area contributed by atoms with Crippen molar-refractivity contribution in [3.05, 3.63) is 108 Å². The quantitative estimate of drug-likeness (QED) is 0.110. The molecule has 0 bridgehead atoms. The molecule has 0 aromatic heterocycles. The summed E-state index contributed by atoms with van der Waals surface area (Å²) in [6.45, 7) is 4.75. The second-order valence-corrected chi connectivity index (χ2v) is 12.5. The fourth-order valence-electron chi connectivity index (χ4n) is 5.85. The zero-order chi connectivity index (χ0) is 26.0. The molecule has 200 valence electrons. The van der Waals surface area contributed by atoms with Crippen molar-refractivity contribution in [2.75, 3.05) is 6.16 Å². The molecular weight excluding hydrogens is 463 g/mol. The van der Waals surface area contributed by atoms with E-state index in [-0.39, 0.29) is 5.16 Å². The summed E-state index contributed by atoms with van der Waals surface area (Å²) in [7, 11) is 0.866. The van der Waals surface area contributed by atoms with Crippen molar-refractivity contribution in [2.24, 2.45) is 0 Å². The van der Waals surface area contributed by atoms with Gasteiger partial charge in [0.15, 0.2) is 0 Å². The molecule has 0 aliphatic carbocycles. The van der Waals surface area contributed by atoms with Crippen LogP contribution in [0.2, 0.25) is 0 Å². The molecule has 0 heterocycles. The zero-order valence-electron chi connectivity index (χ0n) is 23.6. The summed E-state index contributed by atoms with van der Waals surface area (Å²) in [6.07, 6.45) is 19.7. The van der Waals surface area contributed by atoms with Gasteiger partial charge in [0.1, 0.15) is 0 Å². The molecule has 0 aliphatic rings. The van der Waals surface area contributed by atoms with Gasteiger partial charge in [-0.3, -0.25) is 0 Å². The topological polar surface area (TPSA) is 0 Å². The summed E-state index contributed by atoms with van der Waals surface area (Å²) in [5.41, 5.74) is 4.37. The van der Waals surface area contributed by atoms with E-state index in [0.29, 0.717) is 5.92 Å². The maximum absolute atomic E-state index is 2.45. The van der Waals surface area contributed by atoms with E-state index < -0.39 is 0 Å². The van der Waals surface area contributed by atoms with Crippen LogP contribution in [0.4, 0.5) is 0 Å². The van der Waals surface area contributed by atoms with E-state index in [1.807, 2.05) is 0 Å². The van der Waals surface area contributed by atoms with E-state index in [1.165, 1.54) is 106 Å². The van der Waals surface area contributed by atoms with Crippen molar-refractivity contribution in [2.45, 2.75) is 108 Å². The molecule has 3 rings (SSSR count). The number of unbranched alkanes of at least 4 members (excludes halogenated alkanes) is 12. The first-order valence-corrected chi connectivity index (χ1v) is 16.4. The maximum atomic E-state index is 2.45. The molecule has 3 aromatic rings. The lowest BCUT2D eigenvalue weighted by atomic mass is 9.77. The highest BCUT2D eigenvalue weighted by atomic mass is 31.1. The van der Waals surface area contributed by atoms with Crippen molar-refractivity contribution in [3.8, 4) is 0 Å². The molecule has 0 amide bonds. The number of benzene rings is 3. The Morgan fingerprint density at radius 1 is 0.514 bits per heavy atom. The van der Waals surface area contributed by atoms with Crippen LogP contribution in [0.1, 0.15) is 120 Å². The summed E-state index contributed by atoms with van der Waals surface area (Å²) in [4.78, 5) is 0. The SMILES string of the molecule is CCCCCCCCCCCCCCCPC(c1ccccc1)(c1ccccc1)C(C)c1ccccc1. The van der Waals surface area contributed by atoms with Gasteiger partial charge < -0.3 is 0 Å². The van der Waals surface area contributed by atoms with Crippen LogP contribution in [-0.4, -0.2) is 6.16 Å². The molecule has 1 heteroatoms. The van der Waals surface area contributed by atoms with Crippen LogP contribution in [-0.2, 0) is 5.16 Å². The molecule has 0 N–H and O–H groups in total. The lowest BCUT2D eigenvalue weighted by molar-refractivity contribution is 0.542. The molecule has 2 atom stereocenters. The lowest BCUT2D eigenvalue weighted by Crippen LogP contribution is -2.29. The molecular formula is C36H51P. The minimum absolute atomic E-state index is 0.0149. The Bertz CT molecular complexity index is 895. The molecule has 0 spiro atoms. The minimum Gasteiger partial charge on any atom is -0.106 e. The van der Waals surface area contributed by atoms with E-state index in [4.69, 9.17) is 0 Å². The molecule has 2 unspecified atom stereocenters. The van der Waals surface area contributed by atoms with E-state index in [9.17, 15) is 0 Å². The Hall–Kier alpha value is -1.91. The highest BCUT2D eigenvalue weighted by Gasteiger charge is 2.39. The van der Waals surface area contributed by atoms with Gasteiger partial charge in [-0.05, 0) is 35.2 Å². The lowest BCUT2D eigenvalue weighted by Gasteiger charge is -2.41. The number of rotatable bonds is 19. The first-order chi connectivity index (χ1) is 18.3. The van der Waals surface area contributed by atoms with Gasteiger partial charge in [-0.1, -0.05) is 182 Å². The Morgan fingerprint density at radius 3 is 1.32 bits per heavy atom. The highest BCUT2D eigenvalue weighted by Crippen LogP contribution is 2.56. The maximum Gasteiger partial charge on any atom is 0.0438 e. The van der Waals surface area contributed by atoms with Gasteiger partial charge in [0.2, 0.25) is 0 Å². The molecule has 3 aromatic carbocycles. The Balaban J connectivity index is 1.54. The van der Waals surface area contributed by atoms with Gasteiger partial charge in [-0.2, -0.15) is 0 Å². The van der Waals surface area contributed by atoms with Gasteiger partial charge in [0.05, 0.1) is 0 Å². The molecule has 37 heavy (non-hydrogen) atoms. The van der Waals surface area contributed by atoms with Gasteiger partial charge in [0.25, 0.3) is 0 Å². The predicted molar refractivity (Wildman–Crippen MR) is 167 cm³/mol. The normalized spacial score (nSPS) is 12.8. The second kappa shape index (κ2) is 17.6. The van der Waals surface area contributed by atoms with E-state index in [1.54, 1.807) is 0 Å². The third-order valence-corrected chi connectivity index (χ3v) is 10.3. The third-order valence-electron chi connectivity index (χ3n) is 8.09. The van der Waals surface area contributed by atoms with E-state index >= 15 is 0 Å². The molecule has 0 fully saturated rings. The molecule has 0 saturated carbocycles. The standard InChI is InChI=1S/C36H51P/c1-3-4-5-6-7-8-9-10-11-12-13-14-24-31-37-36(34-27-20-16-21-28-34,35-29-22-17-23-30-35)32(2)33-25-18-15-19-26-33/h15-23,25-30,32,37H,3-14,24,31H2,1-2H3. The smallest absolute Gasteiger partial charge is 0.0438 e. The average molecular weight is 515 g/mol. The van der Waals surface area contributed by atoms with E-state index in [2.05, 4.69) is 105 Å². The van der Waals surface area contributed by atoms with Crippen molar-refractivity contribution >= 4 is 8.58 Å². The Labute approximate surface area is 230 Å². The van der Waals surface area contributed by atoms with Gasteiger partial charge in [0, 0.05) is 5.16 Å².